The van der Waals surface area contributed by atoms with E-state index in [-0.39, 0.29) is 11.5 Å². The summed E-state index contributed by atoms with van der Waals surface area (Å²) in [5.74, 6) is 0.326. The lowest BCUT2D eigenvalue weighted by molar-refractivity contribution is 0.589. The SMILES string of the molecule is Cn1nc(CN)c2c1CCS(=O)(=O)C2. The first-order valence-electron chi connectivity index (χ1n) is 4.47. The number of sulfone groups is 1. The van der Waals surface area contributed by atoms with Crippen LogP contribution in [-0.4, -0.2) is 24.0 Å². The van der Waals surface area contributed by atoms with Gasteiger partial charge in [-0.25, -0.2) is 8.42 Å². The lowest BCUT2D eigenvalue weighted by Crippen LogP contribution is -2.20. The first-order chi connectivity index (χ1) is 6.53. The van der Waals surface area contributed by atoms with Gasteiger partial charge in [-0.2, -0.15) is 5.10 Å². The van der Waals surface area contributed by atoms with Crippen LogP contribution in [-0.2, 0) is 35.6 Å². The first kappa shape index (κ1) is 9.67. The molecule has 0 unspecified atom stereocenters. The Morgan fingerprint density at radius 1 is 1.57 bits per heavy atom. The minimum absolute atomic E-state index is 0.0999. The lowest BCUT2D eigenvalue weighted by atomic mass is 10.1. The van der Waals surface area contributed by atoms with Crippen LogP contribution in [0.3, 0.4) is 0 Å². The van der Waals surface area contributed by atoms with Gasteiger partial charge in [-0.05, 0) is 0 Å². The minimum Gasteiger partial charge on any atom is -0.325 e. The molecule has 6 heteroatoms. The Hall–Kier alpha value is -0.880. The Kier molecular flexibility index (Phi) is 2.11. The normalized spacial score (nSPS) is 19.3. The molecule has 0 amide bonds. The summed E-state index contributed by atoms with van der Waals surface area (Å²) in [4.78, 5) is 0. The smallest absolute Gasteiger partial charge is 0.154 e. The summed E-state index contributed by atoms with van der Waals surface area (Å²) in [6.45, 7) is 0.304. The fourth-order valence-electron chi connectivity index (χ4n) is 1.85. The van der Waals surface area contributed by atoms with Crippen molar-refractivity contribution >= 4 is 9.84 Å². The van der Waals surface area contributed by atoms with E-state index in [1.54, 1.807) is 4.68 Å². The molecular formula is C8H13N3O2S. The van der Waals surface area contributed by atoms with Crippen LogP contribution in [0.25, 0.3) is 0 Å². The van der Waals surface area contributed by atoms with Crippen molar-refractivity contribution in [3.63, 3.8) is 0 Å². The van der Waals surface area contributed by atoms with E-state index in [0.717, 1.165) is 11.3 Å². The van der Waals surface area contributed by atoms with Crippen LogP contribution in [0.15, 0.2) is 0 Å². The largest absolute Gasteiger partial charge is 0.325 e. The van der Waals surface area contributed by atoms with E-state index in [9.17, 15) is 8.42 Å². The van der Waals surface area contributed by atoms with Crippen molar-refractivity contribution < 1.29 is 8.42 Å². The molecule has 1 aromatic heterocycles. The molecule has 1 aromatic rings. The highest BCUT2D eigenvalue weighted by molar-refractivity contribution is 7.90. The number of hydrogen-bond acceptors (Lipinski definition) is 4. The quantitative estimate of drug-likeness (QED) is 0.675. The fraction of sp³-hybridized carbons (Fsp3) is 0.625. The highest BCUT2D eigenvalue weighted by Gasteiger charge is 2.26. The number of nitrogens with two attached hydrogens (primary N) is 1. The highest BCUT2D eigenvalue weighted by atomic mass is 32.2. The molecule has 0 saturated heterocycles. The van der Waals surface area contributed by atoms with Gasteiger partial charge in [0.15, 0.2) is 9.84 Å². The summed E-state index contributed by atoms with van der Waals surface area (Å²) in [5.41, 5.74) is 8.05. The summed E-state index contributed by atoms with van der Waals surface area (Å²) in [6.07, 6.45) is 0.557. The van der Waals surface area contributed by atoms with Gasteiger partial charge in [0.1, 0.15) is 0 Å². The average molecular weight is 215 g/mol. The van der Waals surface area contributed by atoms with E-state index in [1.807, 2.05) is 7.05 Å². The van der Waals surface area contributed by atoms with Gasteiger partial charge >= 0.3 is 0 Å². The van der Waals surface area contributed by atoms with Crippen LogP contribution in [0.5, 0.6) is 0 Å². The zero-order chi connectivity index (χ0) is 10.3. The van der Waals surface area contributed by atoms with Gasteiger partial charge in [0, 0.05) is 31.3 Å². The summed E-state index contributed by atoms with van der Waals surface area (Å²) in [6, 6.07) is 0. The van der Waals surface area contributed by atoms with Crippen molar-refractivity contribution in [1.29, 1.82) is 0 Å². The second-order valence-electron chi connectivity index (χ2n) is 3.54. The minimum atomic E-state index is -2.92. The molecular weight excluding hydrogens is 202 g/mol. The predicted octanol–water partition coefficient (Wildman–Crippen LogP) is -0.650. The third kappa shape index (κ3) is 1.44. The molecule has 2 N–H and O–H groups in total. The zero-order valence-electron chi connectivity index (χ0n) is 8.02. The Morgan fingerprint density at radius 3 is 2.93 bits per heavy atom. The fourth-order valence-corrected chi connectivity index (χ4v) is 3.27. The molecule has 0 bridgehead atoms. The van der Waals surface area contributed by atoms with Gasteiger partial charge in [0.05, 0.1) is 17.2 Å². The van der Waals surface area contributed by atoms with Crippen molar-refractivity contribution in [2.75, 3.05) is 5.75 Å². The van der Waals surface area contributed by atoms with Gasteiger partial charge in [-0.15, -0.1) is 0 Å². The number of nitrogens with zero attached hydrogens (tertiary/aromatic N) is 2. The standard InChI is InChI=1S/C8H13N3O2S/c1-11-8-2-3-14(12,13)5-6(8)7(4-9)10-11/h2-5,9H2,1H3. The van der Waals surface area contributed by atoms with Crippen LogP contribution in [0.1, 0.15) is 17.0 Å². The van der Waals surface area contributed by atoms with Gasteiger partial charge in [0.25, 0.3) is 0 Å². The maximum Gasteiger partial charge on any atom is 0.154 e. The topological polar surface area (TPSA) is 78.0 Å². The molecule has 0 aliphatic carbocycles. The molecule has 0 saturated carbocycles. The third-order valence-corrected chi connectivity index (χ3v) is 4.12. The van der Waals surface area contributed by atoms with E-state index < -0.39 is 9.84 Å². The summed E-state index contributed by atoms with van der Waals surface area (Å²) in [5, 5.41) is 4.20. The second kappa shape index (κ2) is 3.06. The average Bonchev–Trinajstić information content (AvgIpc) is 2.40. The maximum absolute atomic E-state index is 11.4. The van der Waals surface area contributed by atoms with E-state index >= 15 is 0 Å². The van der Waals surface area contributed by atoms with Crippen LogP contribution >= 0.6 is 0 Å². The Morgan fingerprint density at radius 2 is 2.29 bits per heavy atom. The van der Waals surface area contributed by atoms with Crippen molar-refractivity contribution in [2.24, 2.45) is 12.8 Å². The Balaban J connectivity index is 2.54. The number of rotatable bonds is 1. The van der Waals surface area contributed by atoms with E-state index in [0.29, 0.717) is 18.7 Å². The molecule has 0 radical (unpaired) electrons. The second-order valence-corrected chi connectivity index (χ2v) is 5.73. The molecule has 1 aliphatic rings. The summed E-state index contributed by atoms with van der Waals surface area (Å²) < 4.78 is 24.6. The molecule has 78 valence electrons. The van der Waals surface area contributed by atoms with Crippen LogP contribution < -0.4 is 5.73 Å². The Bertz CT molecular complexity index is 461. The molecule has 14 heavy (non-hydrogen) atoms. The lowest BCUT2D eigenvalue weighted by Gasteiger charge is -2.13. The zero-order valence-corrected chi connectivity index (χ0v) is 8.84. The molecule has 2 rings (SSSR count). The van der Waals surface area contributed by atoms with Crippen molar-refractivity contribution in [2.45, 2.75) is 18.7 Å². The van der Waals surface area contributed by atoms with Crippen LogP contribution in [0, 0.1) is 0 Å². The van der Waals surface area contributed by atoms with Crippen molar-refractivity contribution in [3.05, 3.63) is 17.0 Å². The Labute approximate surface area is 82.8 Å². The van der Waals surface area contributed by atoms with Crippen LogP contribution in [0.2, 0.25) is 0 Å². The molecule has 1 aliphatic heterocycles. The molecule has 0 aromatic carbocycles. The van der Waals surface area contributed by atoms with E-state index in [4.69, 9.17) is 5.73 Å². The molecule has 2 heterocycles. The van der Waals surface area contributed by atoms with Crippen molar-refractivity contribution in [1.82, 2.24) is 9.78 Å². The van der Waals surface area contributed by atoms with Gasteiger partial charge in [-0.1, -0.05) is 0 Å². The molecule has 0 spiro atoms. The van der Waals surface area contributed by atoms with Crippen molar-refractivity contribution in [3.8, 4) is 0 Å². The van der Waals surface area contributed by atoms with Crippen LogP contribution in [0.4, 0.5) is 0 Å². The van der Waals surface area contributed by atoms with Gasteiger partial charge in [0.2, 0.25) is 0 Å². The third-order valence-electron chi connectivity index (χ3n) is 2.57. The number of fused-ring (bicyclic) bond motifs is 1. The monoisotopic (exact) mass is 215 g/mol. The highest BCUT2D eigenvalue weighted by Crippen LogP contribution is 2.23. The number of aromatic nitrogens is 2. The number of aryl methyl sites for hydroxylation is 1. The molecule has 0 atom stereocenters. The van der Waals surface area contributed by atoms with E-state index in [1.165, 1.54) is 0 Å². The number of hydrogen-bond donors (Lipinski definition) is 1. The summed E-state index contributed by atoms with van der Waals surface area (Å²) >= 11 is 0. The van der Waals surface area contributed by atoms with Gasteiger partial charge in [-0.3, -0.25) is 4.68 Å². The molecule has 5 nitrogen and oxygen atoms in total. The van der Waals surface area contributed by atoms with Gasteiger partial charge < -0.3 is 5.73 Å². The summed E-state index contributed by atoms with van der Waals surface area (Å²) in [7, 11) is -1.10. The predicted molar refractivity (Wildman–Crippen MR) is 52.3 cm³/mol. The molecule has 0 fully saturated rings. The first-order valence-corrected chi connectivity index (χ1v) is 6.30. The maximum atomic E-state index is 11.4. The van der Waals surface area contributed by atoms with E-state index in [2.05, 4.69) is 5.10 Å².